The first kappa shape index (κ1) is 24.1. The third-order valence-electron chi connectivity index (χ3n) is 5.85. The van der Waals surface area contributed by atoms with Crippen LogP contribution in [0.2, 0.25) is 10.0 Å². The molecular weight excluding hydrogens is 475 g/mol. The minimum absolute atomic E-state index is 0.264. The molecule has 0 aliphatic heterocycles. The summed E-state index contributed by atoms with van der Waals surface area (Å²) in [6, 6.07) is 14.3. The number of ether oxygens (including phenoxy) is 1. The van der Waals surface area contributed by atoms with Gasteiger partial charge in [-0.15, -0.1) is 11.3 Å². The lowest BCUT2D eigenvalue weighted by atomic mass is 9.99. The van der Waals surface area contributed by atoms with Gasteiger partial charge in [-0.25, -0.2) is 4.98 Å². The van der Waals surface area contributed by atoms with Crippen LogP contribution < -0.4 is 4.90 Å². The van der Waals surface area contributed by atoms with Crippen LogP contribution in [0.4, 0.5) is 5.13 Å². The van der Waals surface area contributed by atoms with E-state index in [-0.39, 0.29) is 12.0 Å². The van der Waals surface area contributed by atoms with Crippen molar-refractivity contribution in [2.45, 2.75) is 52.7 Å². The summed E-state index contributed by atoms with van der Waals surface area (Å²) >= 11 is 14.3. The van der Waals surface area contributed by atoms with E-state index < -0.39 is 0 Å². The summed E-state index contributed by atoms with van der Waals surface area (Å²) in [5.74, 6) is 0.349. The van der Waals surface area contributed by atoms with Gasteiger partial charge >= 0.3 is 5.97 Å². The smallest absolute Gasteiger partial charge is 0.302 e. The Kier molecular flexibility index (Phi) is 7.62. The monoisotopic (exact) mass is 502 g/mol. The maximum Gasteiger partial charge on any atom is 0.302 e. The first-order valence-corrected chi connectivity index (χ1v) is 12.9. The van der Waals surface area contributed by atoms with E-state index in [1.807, 2.05) is 12.1 Å². The Hall–Kier alpha value is -2.08. The van der Waals surface area contributed by atoms with E-state index in [1.165, 1.54) is 25.3 Å². The van der Waals surface area contributed by atoms with Crippen LogP contribution in [0.25, 0.3) is 11.3 Å². The fourth-order valence-corrected chi connectivity index (χ4v) is 5.63. The SMILES string of the molecule is CCCN(c1nc(-c2ccc(Cl)cc2Cl)c(C)s1)C(c1ccc(COC(C)=O)cc1)C1CC1. The minimum atomic E-state index is -0.264. The lowest BCUT2D eigenvalue weighted by Crippen LogP contribution is -2.31. The Balaban J connectivity index is 1.66. The number of nitrogens with zero attached hydrogens (tertiary/aromatic N) is 2. The number of aromatic nitrogens is 1. The lowest BCUT2D eigenvalue weighted by Gasteiger charge is -2.32. The number of hydrogen-bond acceptors (Lipinski definition) is 5. The summed E-state index contributed by atoms with van der Waals surface area (Å²) in [4.78, 5) is 19.8. The predicted molar refractivity (Wildman–Crippen MR) is 137 cm³/mol. The molecule has 1 aliphatic rings. The molecule has 3 aromatic rings. The first-order chi connectivity index (χ1) is 15.9. The standard InChI is InChI=1S/C26H28Cl2N2O2S/c1-4-13-30(26-29-24(16(2)33-26)22-12-11-21(27)14-23(22)28)25(20-9-10-20)19-7-5-18(6-8-19)15-32-17(3)31/h5-8,11-12,14,20,25H,4,9-10,13,15H2,1-3H3. The van der Waals surface area contributed by atoms with Crippen molar-refractivity contribution in [3.05, 3.63) is 68.5 Å². The van der Waals surface area contributed by atoms with Gasteiger partial charge in [0, 0.05) is 28.9 Å². The quantitative estimate of drug-likeness (QED) is 0.279. The van der Waals surface area contributed by atoms with Crippen LogP contribution in [0.3, 0.4) is 0 Å². The van der Waals surface area contributed by atoms with Crippen molar-refractivity contribution in [3.8, 4) is 11.3 Å². The molecule has 0 radical (unpaired) electrons. The molecule has 0 spiro atoms. The molecular formula is C26H28Cl2N2O2S. The van der Waals surface area contributed by atoms with Crippen molar-refractivity contribution in [2.75, 3.05) is 11.4 Å². The molecule has 1 fully saturated rings. The van der Waals surface area contributed by atoms with Crippen LogP contribution >= 0.6 is 34.5 Å². The molecule has 174 valence electrons. The number of aryl methyl sites for hydroxylation is 1. The average molecular weight is 503 g/mol. The second-order valence-corrected chi connectivity index (χ2v) is 10.5. The summed E-state index contributed by atoms with van der Waals surface area (Å²) in [7, 11) is 0. The second kappa shape index (κ2) is 10.5. The van der Waals surface area contributed by atoms with Crippen LogP contribution in [-0.2, 0) is 16.1 Å². The van der Waals surface area contributed by atoms with E-state index >= 15 is 0 Å². The summed E-state index contributed by atoms with van der Waals surface area (Å²) in [6.07, 6.45) is 3.48. The molecule has 1 aromatic heterocycles. The summed E-state index contributed by atoms with van der Waals surface area (Å²) in [5, 5.41) is 2.26. The molecule has 0 bridgehead atoms. The molecule has 1 atom stereocenters. The fraction of sp³-hybridized carbons (Fsp3) is 0.385. The minimum Gasteiger partial charge on any atom is -0.461 e. The number of rotatable bonds is 9. The summed E-state index contributed by atoms with van der Waals surface area (Å²) in [5.41, 5.74) is 4.10. The number of carbonyl (C=O) groups excluding carboxylic acids is 1. The van der Waals surface area contributed by atoms with Crippen LogP contribution in [-0.4, -0.2) is 17.5 Å². The molecule has 0 saturated heterocycles. The molecule has 7 heteroatoms. The highest BCUT2D eigenvalue weighted by atomic mass is 35.5. The van der Waals surface area contributed by atoms with Crippen LogP contribution in [0, 0.1) is 12.8 Å². The van der Waals surface area contributed by atoms with E-state index in [4.69, 9.17) is 32.9 Å². The number of carbonyl (C=O) groups is 1. The van der Waals surface area contributed by atoms with Crippen molar-refractivity contribution >= 4 is 45.6 Å². The topological polar surface area (TPSA) is 42.4 Å². The van der Waals surface area contributed by atoms with Crippen molar-refractivity contribution < 1.29 is 9.53 Å². The van der Waals surface area contributed by atoms with Crippen molar-refractivity contribution in [1.82, 2.24) is 4.98 Å². The Bertz CT molecular complexity index is 1130. The van der Waals surface area contributed by atoms with Gasteiger partial charge in [-0.2, -0.15) is 0 Å². The first-order valence-electron chi connectivity index (χ1n) is 11.3. The summed E-state index contributed by atoms with van der Waals surface area (Å²) in [6.45, 7) is 6.97. The van der Waals surface area contributed by atoms with Gasteiger partial charge in [-0.3, -0.25) is 4.79 Å². The van der Waals surface area contributed by atoms with Gasteiger partial charge in [0.2, 0.25) is 0 Å². The molecule has 1 heterocycles. The van der Waals surface area contributed by atoms with Gasteiger partial charge in [0.25, 0.3) is 0 Å². The van der Waals surface area contributed by atoms with E-state index in [1.54, 1.807) is 17.4 Å². The molecule has 0 N–H and O–H groups in total. The average Bonchev–Trinajstić information content (AvgIpc) is 3.54. The van der Waals surface area contributed by atoms with Gasteiger partial charge in [0.05, 0.1) is 16.8 Å². The zero-order valence-corrected chi connectivity index (χ0v) is 21.4. The highest BCUT2D eigenvalue weighted by molar-refractivity contribution is 7.16. The van der Waals surface area contributed by atoms with E-state index in [2.05, 4.69) is 43.0 Å². The van der Waals surface area contributed by atoms with Crippen LogP contribution in [0.1, 0.15) is 55.2 Å². The molecule has 4 rings (SSSR count). The highest BCUT2D eigenvalue weighted by Gasteiger charge is 2.37. The molecule has 2 aromatic carbocycles. The number of benzene rings is 2. The van der Waals surface area contributed by atoms with E-state index in [0.29, 0.717) is 22.6 Å². The summed E-state index contributed by atoms with van der Waals surface area (Å²) < 4.78 is 5.14. The van der Waals surface area contributed by atoms with Gasteiger partial charge in [-0.1, -0.05) is 54.4 Å². The Labute approximate surface area is 209 Å². The maximum absolute atomic E-state index is 11.1. The Morgan fingerprint density at radius 1 is 1.21 bits per heavy atom. The van der Waals surface area contributed by atoms with Gasteiger partial charge in [-0.05, 0) is 61.4 Å². The maximum atomic E-state index is 11.1. The van der Waals surface area contributed by atoms with Gasteiger partial charge in [0.1, 0.15) is 6.61 Å². The van der Waals surface area contributed by atoms with E-state index in [9.17, 15) is 4.79 Å². The number of esters is 1. The second-order valence-electron chi connectivity index (χ2n) is 8.52. The van der Waals surface area contributed by atoms with E-state index in [0.717, 1.165) is 39.8 Å². The zero-order chi connectivity index (χ0) is 23.5. The van der Waals surface area contributed by atoms with Crippen molar-refractivity contribution in [1.29, 1.82) is 0 Å². The Morgan fingerprint density at radius 3 is 2.55 bits per heavy atom. The third-order valence-corrected chi connectivity index (χ3v) is 7.41. The van der Waals surface area contributed by atoms with Gasteiger partial charge < -0.3 is 9.64 Å². The molecule has 4 nitrogen and oxygen atoms in total. The molecule has 1 saturated carbocycles. The largest absolute Gasteiger partial charge is 0.461 e. The highest BCUT2D eigenvalue weighted by Crippen LogP contribution is 2.48. The number of hydrogen-bond donors (Lipinski definition) is 0. The number of thiazole rings is 1. The fourth-order valence-electron chi connectivity index (χ4n) is 4.15. The van der Waals surface area contributed by atoms with Crippen molar-refractivity contribution in [3.63, 3.8) is 0 Å². The van der Waals surface area contributed by atoms with Gasteiger partial charge in [0.15, 0.2) is 5.13 Å². The third kappa shape index (κ3) is 5.71. The number of halogens is 2. The van der Waals surface area contributed by atoms with Crippen molar-refractivity contribution in [2.24, 2.45) is 5.92 Å². The molecule has 33 heavy (non-hydrogen) atoms. The Morgan fingerprint density at radius 2 is 1.94 bits per heavy atom. The molecule has 1 unspecified atom stereocenters. The van der Waals surface area contributed by atoms with Crippen LogP contribution in [0.5, 0.6) is 0 Å². The normalized spacial score (nSPS) is 14.2. The lowest BCUT2D eigenvalue weighted by molar-refractivity contribution is -0.142. The predicted octanol–water partition coefficient (Wildman–Crippen LogP) is 7.86. The molecule has 0 amide bonds. The molecule has 1 aliphatic carbocycles. The zero-order valence-electron chi connectivity index (χ0n) is 19.1. The van der Waals surface area contributed by atoms with Crippen LogP contribution in [0.15, 0.2) is 42.5 Å². The number of anilines is 1.